The van der Waals surface area contributed by atoms with Crippen LogP contribution < -0.4 is 15.0 Å². The number of benzene rings is 1. The number of carbonyl (C=O) groups excluding carboxylic acids is 2. The van der Waals surface area contributed by atoms with Crippen LogP contribution in [-0.4, -0.2) is 54.8 Å². The van der Waals surface area contributed by atoms with Crippen LogP contribution >= 0.6 is 0 Å². The van der Waals surface area contributed by atoms with Crippen molar-refractivity contribution < 1.29 is 29.0 Å². The second-order valence-corrected chi connectivity index (χ2v) is 5.75. The largest absolute Gasteiger partial charge is 0.480 e. The quantitative estimate of drug-likeness (QED) is 0.501. The molecule has 0 aromatic heterocycles. The third-order valence-corrected chi connectivity index (χ3v) is 3.79. The highest BCUT2D eigenvalue weighted by atomic mass is 16.5. The summed E-state index contributed by atoms with van der Waals surface area (Å²) >= 11 is 0. The lowest BCUT2D eigenvalue weighted by Gasteiger charge is -2.32. The van der Waals surface area contributed by atoms with Gasteiger partial charge in [0.05, 0.1) is 18.9 Å². The highest BCUT2D eigenvalue weighted by Crippen LogP contribution is 2.33. The summed E-state index contributed by atoms with van der Waals surface area (Å²) in [5, 5.41) is 11.5. The summed E-state index contributed by atoms with van der Waals surface area (Å²) < 4.78 is 10.6. The molecule has 1 aliphatic heterocycles. The summed E-state index contributed by atoms with van der Waals surface area (Å²) in [7, 11) is 0. The molecule has 1 aliphatic rings. The first-order valence-electron chi connectivity index (χ1n) is 8.22. The Morgan fingerprint density at radius 1 is 1.46 bits per heavy atom. The Hall–Kier alpha value is -2.87. The number of carboxylic acids is 1. The Bertz CT molecular complexity index is 690. The average Bonchev–Trinajstić information content (AvgIpc) is 2.61. The van der Waals surface area contributed by atoms with E-state index in [1.54, 1.807) is 31.2 Å². The highest BCUT2D eigenvalue weighted by Gasteiger charge is 2.31. The molecular formula is C18H22N2O6. The number of para-hydroxylation sites is 2. The van der Waals surface area contributed by atoms with E-state index in [0.717, 1.165) is 0 Å². The van der Waals surface area contributed by atoms with Crippen molar-refractivity contribution in [3.8, 4) is 5.75 Å². The molecule has 0 spiro atoms. The number of rotatable bonds is 9. The van der Waals surface area contributed by atoms with Crippen molar-refractivity contribution in [2.45, 2.75) is 25.5 Å². The minimum absolute atomic E-state index is 0.0436. The van der Waals surface area contributed by atoms with E-state index in [9.17, 15) is 14.4 Å². The lowest BCUT2D eigenvalue weighted by Crippen LogP contribution is -2.48. The summed E-state index contributed by atoms with van der Waals surface area (Å²) in [5.74, 6) is -1.35. The molecule has 140 valence electrons. The first kappa shape index (κ1) is 19.5. The van der Waals surface area contributed by atoms with Crippen LogP contribution in [0.2, 0.25) is 0 Å². The fourth-order valence-electron chi connectivity index (χ4n) is 2.51. The zero-order valence-electron chi connectivity index (χ0n) is 14.5. The van der Waals surface area contributed by atoms with E-state index in [-0.39, 0.29) is 32.1 Å². The van der Waals surface area contributed by atoms with Gasteiger partial charge in [0, 0.05) is 13.0 Å². The molecule has 0 radical (unpaired) electrons. The van der Waals surface area contributed by atoms with Gasteiger partial charge in [0.1, 0.15) is 5.75 Å². The molecule has 2 unspecified atom stereocenters. The van der Waals surface area contributed by atoms with Gasteiger partial charge in [-0.3, -0.25) is 9.59 Å². The molecule has 0 bridgehead atoms. The lowest BCUT2D eigenvalue weighted by molar-refractivity contribution is -0.143. The molecule has 8 nitrogen and oxygen atoms in total. The highest BCUT2D eigenvalue weighted by molar-refractivity contribution is 6.00. The molecule has 0 fully saturated rings. The monoisotopic (exact) mass is 362 g/mol. The molecule has 2 amide bonds. The molecular weight excluding hydrogens is 340 g/mol. The molecule has 2 N–H and O–H groups in total. The van der Waals surface area contributed by atoms with E-state index >= 15 is 0 Å². The summed E-state index contributed by atoms with van der Waals surface area (Å²) in [5.41, 5.74) is 0.590. The predicted octanol–water partition coefficient (Wildman–Crippen LogP) is 0.963. The van der Waals surface area contributed by atoms with Gasteiger partial charge in [0.2, 0.25) is 5.91 Å². The van der Waals surface area contributed by atoms with Crippen LogP contribution in [0, 0.1) is 0 Å². The van der Waals surface area contributed by atoms with E-state index in [1.807, 2.05) is 0 Å². The van der Waals surface area contributed by atoms with E-state index < -0.39 is 24.0 Å². The minimum atomic E-state index is -1.19. The number of anilines is 1. The van der Waals surface area contributed by atoms with E-state index in [0.29, 0.717) is 11.4 Å². The molecule has 2 rings (SSSR count). The van der Waals surface area contributed by atoms with Crippen LogP contribution in [0.1, 0.15) is 13.3 Å². The van der Waals surface area contributed by atoms with Crippen molar-refractivity contribution in [3.05, 3.63) is 36.9 Å². The molecule has 0 aliphatic carbocycles. The SMILES string of the molecule is C=CCOCC(NC(=O)CCN1C(=O)C(C)Oc2ccccc21)C(=O)O. The van der Waals surface area contributed by atoms with Crippen LogP contribution in [-0.2, 0) is 19.1 Å². The van der Waals surface area contributed by atoms with Crippen molar-refractivity contribution in [3.63, 3.8) is 0 Å². The first-order chi connectivity index (χ1) is 12.4. The van der Waals surface area contributed by atoms with Gasteiger partial charge in [-0.2, -0.15) is 0 Å². The number of nitrogens with one attached hydrogen (secondary N) is 1. The number of nitrogens with zero attached hydrogens (tertiary/aromatic N) is 1. The van der Waals surface area contributed by atoms with Gasteiger partial charge in [-0.05, 0) is 19.1 Å². The summed E-state index contributed by atoms with van der Waals surface area (Å²) in [6.45, 7) is 5.26. The Morgan fingerprint density at radius 3 is 2.88 bits per heavy atom. The van der Waals surface area contributed by atoms with Crippen molar-refractivity contribution in [2.75, 3.05) is 24.7 Å². The van der Waals surface area contributed by atoms with Gasteiger partial charge < -0.3 is 24.8 Å². The third kappa shape index (κ3) is 4.82. The molecule has 1 aromatic carbocycles. The maximum atomic E-state index is 12.4. The van der Waals surface area contributed by atoms with Gasteiger partial charge in [-0.25, -0.2) is 4.79 Å². The maximum Gasteiger partial charge on any atom is 0.328 e. The minimum Gasteiger partial charge on any atom is -0.480 e. The fraction of sp³-hybridized carbons (Fsp3) is 0.389. The van der Waals surface area contributed by atoms with Crippen molar-refractivity contribution in [1.29, 1.82) is 0 Å². The fourth-order valence-corrected chi connectivity index (χ4v) is 2.51. The standard InChI is InChI=1S/C18H22N2O6/c1-3-10-25-11-13(18(23)24)19-16(21)8-9-20-14-6-4-5-7-15(14)26-12(2)17(20)22/h3-7,12-13H,1,8-11H2,2H3,(H,19,21)(H,23,24). The first-order valence-corrected chi connectivity index (χ1v) is 8.22. The van der Waals surface area contributed by atoms with Gasteiger partial charge >= 0.3 is 5.97 Å². The molecule has 0 saturated carbocycles. The molecule has 2 atom stereocenters. The molecule has 26 heavy (non-hydrogen) atoms. The number of aliphatic carboxylic acids is 1. The van der Waals surface area contributed by atoms with Crippen LogP contribution in [0.4, 0.5) is 5.69 Å². The molecule has 0 saturated heterocycles. The Morgan fingerprint density at radius 2 is 2.19 bits per heavy atom. The normalized spacial score (nSPS) is 17.0. The van der Waals surface area contributed by atoms with Crippen molar-refractivity contribution in [2.24, 2.45) is 0 Å². The van der Waals surface area contributed by atoms with Gasteiger partial charge in [0.15, 0.2) is 12.1 Å². The zero-order valence-corrected chi connectivity index (χ0v) is 14.5. The van der Waals surface area contributed by atoms with Crippen LogP contribution in [0.5, 0.6) is 5.75 Å². The number of amides is 2. The number of fused-ring (bicyclic) bond motifs is 1. The van der Waals surface area contributed by atoms with Gasteiger partial charge in [-0.1, -0.05) is 18.2 Å². The van der Waals surface area contributed by atoms with Crippen LogP contribution in [0.15, 0.2) is 36.9 Å². The van der Waals surface area contributed by atoms with E-state index in [4.69, 9.17) is 14.6 Å². The number of hydrogen-bond acceptors (Lipinski definition) is 5. The average molecular weight is 362 g/mol. The van der Waals surface area contributed by atoms with Gasteiger partial charge in [-0.15, -0.1) is 6.58 Å². The zero-order chi connectivity index (χ0) is 19.1. The second kappa shape index (κ2) is 9.00. The van der Waals surface area contributed by atoms with E-state index in [2.05, 4.69) is 11.9 Å². The number of carbonyl (C=O) groups is 3. The maximum absolute atomic E-state index is 12.4. The molecule has 1 heterocycles. The summed E-state index contributed by atoms with van der Waals surface area (Å²) in [6.07, 6.45) is 0.800. The summed E-state index contributed by atoms with van der Waals surface area (Å²) in [4.78, 5) is 37.1. The number of hydrogen-bond donors (Lipinski definition) is 2. The Balaban J connectivity index is 1.96. The van der Waals surface area contributed by atoms with Crippen LogP contribution in [0.25, 0.3) is 0 Å². The Kier molecular flexibility index (Phi) is 6.74. The topological polar surface area (TPSA) is 105 Å². The Labute approximate surface area is 151 Å². The van der Waals surface area contributed by atoms with Gasteiger partial charge in [0.25, 0.3) is 5.91 Å². The number of carboxylic acid groups (broad SMARTS) is 1. The molecule has 1 aromatic rings. The van der Waals surface area contributed by atoms with Crippen molar-refractivity contribution >= 4 is 23.5 Å². The third-order valence-electron chi connectivity index (χ3n) is 3.79. The van der Waals surface area contributed by atoms with Crippen LogP contribution in [0.3, 0.4) is 0 Å². The second-order valence-electron chi connectivity index (χ2n) is 5.75. The predicted molar refractivity (Wildman–Crippen MR) is 94.1 cm³/mol. The lowest BCUT2D eigenvalue weighted by atomic mass is 10.1. The van der Waals surface area contributed by atoms with E-state index in [1.165, 1.54) is 11.0 Å². The molecule has 8 heteroatoms. The number of ether oxygens (including phenoxy) is 2. The smallest absolute Gasteiger partial charge is 0.328 e. The van der Waals surface area contributed by atoms with Crippen molar-refractivity contribution in [1.82, 2.24) is 5.32 Å². The summed E-state index contributed by atoms with van der Waals surface area (Å²) in [6, 6.07) is 5.90.